The minimum absolute atomic E-state index is 0.0713. The Morgan fingerprint density at radius 3 is 2.62 bits per heavy atom. The van der Waals surface area contributed by atoms with Crippen molar-refractivity contribution in [3.05, 3.63) is 0 Å². The normalized spacial score (nSPS) is 10.0. The summed E-state index contributed by atoms with van der Waals surface area (Å²) in [6, 6.07) is 0. The number of carbonyl (C=O) groups excluding carboxylic acids is 1. The maximum atomic E-state index is 10.9. The fourth-order valence-electron chi connectivity index (χ4n) is 0.961. The van der Waals surface area contributed by atoms with E-state index in [-0.39, 0.29) is 5.97 Å². The fraction of sp³-hybridized carbons (Fsp3) is 0.900. The summed E-state index contributed by atoms with van der Waals surface area (Å²) in [6.07, 6.45) is 3.47. The third kappa shape index (κ3) is 9.34. The van der Waals surface area contributed by atoms with Crippen LogP contribution in [0.25, 0.3) is 0 Å². The van der Waals surface area contributed by atoms with Crippen LogP contribution in [0.4, 0.5) is 0 Å². The third-order valence-corrected chi connectivity index (χ3v) is 1.64. The van der Waals surface area contributed by atoms with Crippen LogP contribution in [0.3, 0.4) is 0 Å². The van der Waals surface area contributed by atoms with Gasteiger partial charge in [0.05, 0.1) is 6.61 Å². The summed E-state index contributed by atoms with van der Waals surface area (Å²) in [6.45, 7) is 6.64. The largest absolute Gasteiger partial charge is 0.466 e. The van der Waals surface area contributed by atoms with Crippen LogP contribution in [0.1, 0.15) is 39.5 Å². The molecule has 0 radical (unpaired) electrons. The molecule has 0 atom stereocenters. The standard InChI is InChI=1S/C10H21NO2/c1-3-6-10(12)13-9-5-8-11-7-4-2/h11H,3-9H2,1-2H3. The maximum absolute atomic E-state index is 10.9. The molecule has 0 heterocycles. The van der Waals surface area contributed by atoms with Gasteiger partial charge < -0.3 is 10.1 Å². The van der Waals surface area contributed by atoms with E-state index < -0.39 is 0 Å². The van der Waals surface area contributed by atoms with Crippen molar-refractivity contribution in [3.8, 4) is 0 Å². The topological polar surface area (TPSA) is 38.3 Å². The number of esters is 1. The SMILES string of the molecule is CCCNCCCOC(=O)CCC. The highest BCUT2D eigenvalue weighted by Gasteiger charge is 1.98. The van der Waals surface area contributed by atoms with Crippen molar-refractivity contribution in [1.82, 2.24) is 5.32 Å². The zero-order valence-corrected chi connectivity index (χ0v) is 8.77. The van der Waals surface area contributed by atoms with Gasteiger partial charge in [-0.2, -0.15) is 0 Å². The molecule has 0 saturated heterocycles. The van der Waals surface area contributed by atoms with Gasteiger partial charge in [0.1, 0.15) is 0 Å². The minimum atomic E-state index is -0.0713. The lowest BCUT2D eigenvalue weighted by atomic mass is 10.3. The van der Waals surface area contributed by atoms with Crippen LogP contribution >= 0.6 is 0 Å². The van der Waals surface area contributed by atoms with Crippen molar-refractivity contribution in [3.63, 3.8) is 0 Å². The van der Waals surface area contributed by atoms with E-state index in [0.717, 1.165) is 32.4 Å². The van der Waals surface area contributed by atoms with Gasteiger partial charge in [0.2, 0.25) is 0 Å². The zero-order valence-electron chi connectivity index (χ0n) is 8.77. The van der Waals surface area contributed by atoms with Crippen molar-refractivity contribution >= 4 is 5.97 Å². The Labute approximate surface area is 80.8 Å². The lowest BCUT2D eigenvalue weighted by Crippen LogP contribution is -2.18. The number of nitrogens with one attached hydrogen (secondary N) is 1. The molecule has 78 valence electrons. The van der Waals surface area contributed by atoms with Crippen molar-refractivity contribution in [1.29, 1.82) is 0 Å². The molecule has 0 aliphatic rings. The van der Waals surface area contributed by atoms with Gasteiger partial charge in [0.15, 0.2) is 0 Å². The van der Waals surface area contributed by atoms with E-state index in [4.69, 9.17) is 4.74 Å². The van der Waals surface area contributed by atoms with Crippen molar-refractivity contribution in [2.75, 3.05) is 19.7 Å². The number of hydrogen-bond donors (Lipinski definition) is 1. The predicted molar refractivity (Wildman–Crippen MR) is 53.6 cm³/mol. The molecule has 1 N–H and O–H groups in total. The molecule has 0 aliphatic carbocycles. The van der Waals surface area contributed by atoms with Crippen molar-refractivity contribution in [2.45, 2.75) is 39.5 Å². The molecular weight excluding hydrogens is 166 g/mol. The average Bonchev–Trinajstić information content (AvgIpc) is 2.11. The summed E-state index contributed by atoms with van der Waals surface area (Å²) in [7, 11) is 0. The Morgan fingerprint density at radius 2 is 2.00 bits per heavy atom. The molecule has 3 nitrogen and oxygen atoms in total. The molecule has 0 aromatic heterocycles. The first-order valence-corrected chi connectivity index (χ1v) is 5.17. The van der Waals surface area contributed by atoms with Crippen molar-refractivity contribution in [2.24, 2.45) is 0 Å². The van der Waals surface area contributed by atoms with E-state index in [0.29, 0.717) is 13.0 Å². The molecular formula is C10H21NO2. The highest BCUT2D eigenvalue weighted by Crippen LogP contribution is 1.91. The summed E-state index contributed by atoms with van der Waals surface area (Å²) in [5.74, 6) is -0.0713. The molecule has 0 aromatic carbocycles. The number of carbonyl (C=O) groups is 1. The van der Waals surface area contributed by atoms with Crippen LogP contribution in [0, 0.1) is 0 Å². The van der Waals surface area contributed by atoms with E-state index in [9.17, 15) is 4.79 Å². The van der Waals surface area contributed by atoms with E-state index in [1.807, 2.05) is 6.92 Å². The van der Waals surface area contributed by atoms with Gasteiger partial charge in [-0.3, -0.25) is 4.79 Å². The number of rotatable bonds is 8. The maximum Gasteiger partial charge on any atom is 0.305 e. The van der Waals surface area contributed by atoms with Crippen molar-refractivity contribution < 1.29 is 9.53 Å². The van der Waals surface area contributed by atoms with E-state index >= 15 is 0 Å². The average molecular weight is 187 g/mol. The Bertz CT molecular complexity index is 126. The Morgan fingerprint density at radius 1 is 1.23 bits per heavy atom. The van der Waals surface area contributed by atoms with Crippen LogP contribution < -0.4 is 5.32 Å². The quantitative estimate of drug-likeness (QED) is 0.464. The molecule has 0 bridgehead atoms. The van der Waals surface area contributed by atoms with Gasteiger partial charge in [-0.05, 0) is 32.4 Å². The molecule has 0 spiro atoms. The molecule has 0 fully saturated rings. The zero-order chi connectivity index (χ0) is 9.94. The highest BCUT2D eigenvalue weighted by atomic mass is 16.5. The lowest BCUT2D eigenvalue weighted by molar-refractivity contribution is -0.143. The molecule has 0 aromatic rings. The van der Waals surface area contributed by atoms with E-state index in [1.165, 1.54) is 0 Å². The highest BCUT2D eigenvalue weighted by molar-refractivity contribution is 5.69. The summed E-state index contributed by atoms with van der Waals surface area (Å²) >= 11 is 0. The smallest absolute Gasteiger partial charge is 0.305 e. The molecule has 0 amide bonds. The van der Waals surface area contributed by atoms with Gasteiger partial charge in [-0.25, -0.2) is 0 Å². The summed E-state index contributed by atoms with van der Waals surface area (Å²) < 4.78 is 4.98. The number of ether oxygens (including phenoxy) is 1. The van der Waals surface area contributed by atoms with E-state index in [1.54, 1.807) is 0 Å². The fourth-order valence-corrected chi connectivity index (χ4v) is 0.961. The monoisotopic (exact) mass is 187 g/mol. The van der Waals surface area contributed by atoms with Crippen LogP contribution in [-0.4, -0.2) is 25.7 Å². The number of hydrogen-bond acceptors (Lipinski definition) is 3. The molecule has 0 aliphatic heterocycles. The van der Waals surface area contributed by atoms with Gasteiger partial charge >= 0.3 is 5.97 Å². The van der Waals surface area contributed by atoms with Crippen LogP contribution in [0.15, 0.2) is 0 Å². The first kappa shape index (κ1) is 12.4. The second-order valence-corrected chi connectivity index (χ2v) is 3.07. The first-order valence-electron chi connectivity index (χ1n) is 5.17. The lowest BCUT2D eigenvalue weighted by Gasteiger charge is -2.04. The second-order valence-electron chi connectivity index (χ2n) is 3.07. The summed E-state index contributed by atoms with van der Waals surface area (Å²) in [5.41, 5.74) is 0. The molecule has 13 heavy (non-hydrogen) atoms. The summed E-state index contributed by atoms with van der Waals surface area (Å²) in [5, 5.41) is 3.25. The van der Waals surface area contributed by atoms with E-state index in [2.05, 4.69) is 12.2 Å². The van der Waals surface area contributed by atoms with Gasteiger partial charge in [-0.15, -0.1) is 0 Å². The van der Waals surface area contributed by atoms with Crippen LogP contribution in [-0.2, 0) is 9.53 Å². The first-order chi connectivity index (χ1) is 6.31. The second kappa shape index (κ2) is 9.52. The predicted octanol–water partition coefficient (Wildman–Crippen LogP) is 1.72. The van der Waals surface area contributed by atoms with Gasteiger partial charge in [-0.1, -0.05) is 13.8 Å². The van der Waals surface area contributed by atoms with Gasteiger partial charge in [0.25, 0.3) is 0 Å². The molecule has 0 rings (SSSR count). The summed E-state index contributed by atoms with van der Waals surface area (Å²) in [4.78, 5) is 10.9. The Hall–Kier alpha value is -0.570. The molecule has 0 unspecified atom stereocenters. The van der Waals surface area contributed by atoms with Gasteiger partial charge in [0, 0.05) is 6.42 Å². The van der Waals surface area contributed by atoms with Crippen LogP contribution in [0.2, 0.25) is 0 Å². The minimum Gasteiger partial charge on any atom is -0.466 e. The molecule has 0 saturated carbocycles. The third-order valence-electron chi connectivity index (χ3n) is 1.64. The van der Waals surface area contributed by atoms with Crippen LogP contribution in [0.5, 0.6) is 0 Å². The Kier molecular flexibility index (Phi) is 9.10. The molecule has 3 heteroatoms. The Balaban J connectivity index is 3.02.